The lowest BCUT2D eigenvalue weighted by atomic mass is 10.2. The second-order valence-electron chi connectivity index (χ2n) is 2.68. The molecule has 0 heterocycles. The molecule has 11 heavy (non-hydrogen) atoms. The topological polar surface area (TPSA) is 41.1 Å². The maximum Gasteiger partial charge on any atom is 0.310 e. The zero-order valence-corrected chi connectivity index (χ0v) is 7.48. The highest BCUT2D eigenvalue weighted by Crippen LogP contribution is 1.92. The number of carbonyl (C=O) groups excluding carboxylic acids is 1. The molecule has 0 saturated heterocycles. The van der Waals surface area contributed by atoms with E-state index in [1.165, 1.54) is 0 Å². The fraction of sp³-hybridized carbons (Fsp3) is 0.875. The molecular formula is C8H17N2O. The molecule has 0 aliphatic carbocycles. The summed E-state index contributed by atoms with van der Waals surface area (Å²) in [6.07, 6.45) is 3.71. The third-order valence-electron chi connectivity index (χ3n) is 1.74. The Hall–Kier alpha value is -0.570. The van der Waals surface area contributed by atoms with Gasteiger partial charge < -0.3 is 5.32 Å². The Morgan fingerprint density at radius 1 is 1.36 bits per heavy atom. The third-order valence-corrected chi connectivity index (χ3v) is 1.74. The minimum atomic E-state index is 0.0717. The summed E-state index contributed by atoms with van der Waals surface area (Å²) in [6.45, 7) is 6.22. The summed E-state index contributed by atoms with van der Waals surface area (Å²) in [7, 11) is 0. The number of hydrogen-bond acceptors (Lipinski definition) is 2. The van der Waals surface area contributed by atoms with Crippen molar-refractivity contribution in [1.82, 2.24) is 10.6 Å². The Labute approximate surface area is 68.6 Å². The minimum Gasteiger partial charge on any atom is -0.333 e. The zero-order valence-electron chi connectivity index (χ0n) is 7.48. The van der Waals surface area contributed by atoms with Crippen molar-refractivity contribution >= 4 is 6.41 Å². The SMILES string of the molecule is CCC(C)NC(CC)N[C]=O. The highest BCUT2D eigenvalue weighted by molar-refractivity contribution is 5.47. The lowest BCUT2D eigenvalue weighted by molar-refractivity contribution is 0.397. The summed E-state index contributed by atoms with van der Waals surface area (Å²) < 4.78 is 0. The van der Waals surface area contributed by atoms with Gasteiger partial charge in [0.15, 0.2) is 0 Å². The number of rotatable bonds is 6. The van der Waals surface area contributed by atoms with E-state index >= 15 is 0 Å². The van der Waals surface area contributed by atoms with Crippen LogP contribution in [0.4, 0.5) is 0 Å². The third kappa shape index (κ3) is 4.79. The van der Waals surface area contributed by atoms with Crippen molar-refractivity contribution < 1.29 is 4.79 Å². The Balaban J connectivity index is 3.57. The van der Waals surface area contributed by atoms with Gasteiger partial charge in [0, 0.05) is 6.04 Å². The zero-order chi connectivity index (χ0) is 8.69. The van der Waals surface area contributed by atoms with Gasteiger partial charge in [0.1, 0.15) is 0 Å². The molecule has 0 aromatic heterocycles. The van der Waals surface area contributed by atoms with Crippen molar-refractivity contribution in [2.75, 3.05) is 0 Å². The van der Waals surface area contributed by atoms with Crippen LogP contribution in [0.1, 0.15) is 33.6 Å². The Kier molecular flexibility index (Phi) is 5.84. The number of hydrogen-bond donors (Lipinski definition) is 2. The molecule has 0 bridgehead atoms. The van der Waals surface area contributed by atoms with Crippen LogP contribution in [0, 0.1) is 0 Å². The van der Waals surface area contributed by atoms with Crippen LogP contribution < -0.4 is 10.6 Å². The average Bonchev–Trinajstić information content (AvgIpc) is 2.03. The fourth-order valence-electron chi connectivity index (χ4n) is 0.794. The van der Waals surface area contributed by atoms with Gasteiger partial charge in [0.2, 0.25) is 0 Å². The summed E-state index contributed by atoms with van der Waals surface area (Å²) in [5.41, 5.74) is 0. The van der Waals surface area contributed by atoms with Crippen LogP contribution in [0.15, 0.2) is 0 Å². The number of amides is 1. The smallest absolute Gasteiger partial charge is 0.310 e. The molecule has 3 heteroatoms. The average molecular weight is 157 g/mol. The van der Waals surface area contributed by atoms with E-state index in [0.29, 0.717) is 6.04 Å². The predicted molar refractivity (Wildman–Crippen MR) is 45.8 cm³/mol. The molecule has 2 unspecified atom stereocenters. The van der Waals surface area contributed by atoms with E-state index in [-0.39, 0.29) is 6.17 Å². The normalized spacial score (nSPS) is 15.5. The molecule has 0 aliphatic heterocycles. The summed E-state index contributed by atoms with van der Waals surface area (Å²) >= 11 is 0. The van der Waals surface area contributed by atoms with Crippen LogP contribution in [-0.4, -0.2) is 18.6 Å². The summed E-state index contributed by atoms with van der Waals surface area (Å²) in [4.78, 5) is 9.97. The van der Waals surface area contributed by atoms with Gasteiger partial charge in [-0.2, -0.15) is 0 Å². The molecule has 0 fully saturated rings. The van der Waals surface area contributed by atoms with Crippen molar-refractivity contribution in [2.45, 2.75) is 45.8 Å². The Morgan fingerprint density at radius 3 is 2.36 bits per heavy atom. The van der Waals surface area contributed by atoms with E-state index < -0.39 is 0 Å². The van der Waals surface area contributed by atoms with Crippen molar-refractivity contribution in [3.8, 4) is 0 Å². The maximum atomic E-state index is 9.97. The monoisotopic (exact) mass is 157 g/mol. The van der Waals surface area contributed by atoms with Crippen LogP contribution in [-0.2, 0) is 4.79 Å². The van der Waals surface area contributed by atoms with Crippen molar-refractivity contribution in [2.24, 2.45) is 0 Å². The van der Waals surface area contributed by atoms with E-state index in [0.717, 1.165) is 12.8 Å². The molecule has 1 amide bonds. The molecule has 0 rings (SSSR count). The van der Waals surface area contributed by atoms with Crippen LogP contribution in [0.5, 0.6) is 0 Å². The molecule has 3 nitrogen and oxygen atoms in total. The van der Waals surface area contributed by atoms with E-state index in [4.69, 9.17) is 0 Å². The predicted octanol–water partition coefficient (Wildman–Crippen LogP) is 0.767. The molecule has 0 saturated carbocycles. The maximum absolute atomic E-state index is 9.97. The van der Waals surface area contributed by atoms with E-state index in [2.05, 4.69) is 24.5 Å². The van der Waals surface area contributed by atoms with E-state index in [1.807, 2.05) is 6.92 Å². The van der Waals surface area contributed by atoms with Gasteiger partial charge in [-0.25, -0.2) is 0 Å². The largest absolute Gasteiger partial charge is 0.333 e. The second-order valence-corrected chi connectivity index (χ2v) is 2.68. The Morgan fingerprint density at radius 2 is 2.00 bits per heavy atom. The minimum absolute atomic E-state index is 0.0717. The van der Waals surface area contributed by atoms with Gasteiger partial charge in [0.05, 0.1) is 6.17 Å². The molecule has 0 aromatic carbocycles. The van der Waals surface area contributed by atoms with Crippen molar-refractivity contribution in [3.05, 3.63) is 0 Å². The van der Waals surface area contributed by atoms with Crippen LogP contribution >= 0.6 is 0 Å². The molecule has 65 valence electrons. The molecule has 0 spiro atoms. The molecule has 1 radical (unpaired) electrons. The second kappa shape index (κ2) is 6.16. The fourth-order valence-corrected chi connectivity index (χ4v) is 0.794. The molecular weight excluding hydrogens is 140 g/mol. The first-order valence-electron chi connectivity index (χ1n) is 4.13. The van der Waals surface area contributed by atoms with Crippen LogP contribution in [0.3, 0.4) is 0 Å². The first-order valence-corrected chi connectivity index (χ1v) is 4.13. The molecule has 2 N–H and O–H groups in total. The van der Waals surface area contributed by atoms with E-state index in [9.17, 15) is 4.79 Å². The van der Waals surface area contributed by atoms with Crippen molar-refractivity contribution in [3.63, 3.8) is 0 Å². The van der Waals surface area contributed by atoms with Crippen LogP contribution in [0.2, 0.25) is 0 Å². The first kappa shape index (κ1) is 10.4. The standard InChI is InChI=1S/C8H17N2O/c1-4-7(3)10-8(5-2)9-6-11/h7-8,10H,4-5H2,1-3H3,(H,9,11). The summed E-state index contributed by atoms with van der Waals surface area (Å²) in [6, 6.07) is 0.445. The Bertz CT molecular complexity index is 106. The van der Waals surface area contributed by atoms with Gasteiger partial charge in [-0.15, -0.1) is 0 Å². The van der Waals surface area contributed by atoms with E-state index in [1.54, 1.807) is 6.41 Å². The first-order chi connectivity index (χ1) is 5.24. The quantitative estimate of drug-likeness (QED) is 0.441. The van der Waals surface area contributed by atoms with Gasteiger partial charge in [0.25, 0.3) is 0 Å². The lowest BCUT2D eigenvalue weighted by Gasteiger charge is -2.19. The van der Waals surface area contributed by atoms with Gasteiger partial charge >= 0.3 is 6.41 Å². The summed E-state index contributed by atoms with van der Waals surface area (Å²) in [5, 5.41) is 5.82. The highest BCUT2D eigenvalue weighted by Gasteiger charge is 2.06. The van der Waals surface area contributed by atoms with Crippen molar-refractivity contribution in [1.29, 1.82) is 0 Å². The van der Waals surface area contributed by atoms with Gasteiger partial charge in [-0.05, 0) is 19.8 Å². The molecule has 2 atom stereocenters. The highest BCUT2D eigenvalue weighted by atomic mass is 16.1. The van der Waals surface area contributed by atoms with Gasteiger partial charge in [-0.3, -0.25) is 10.1 Å². The van der Waals surface area contributed by atoms with Crippen LogP contribution in [0.25, 0.3) is 0 Å². The number of nitrogens with one attached hydrogen (secondary N) is 2. The summed E-state index contributed by atoms with van der Waals surface area (Å²) in [5.74, 6) is 0. The van der Waals surface area contributed by atoms with Gasteiger partial charge in [-0.1, -0.05) is 13.8 Å². The molecule has 0 aromatic rings. The lowest BCUT2D eigenvalue weighted by Crippen LogP contribution is -2.45. The molecule has 0 aliphatic rings.